The van der Waals surface area contributed by atoms with E-state index in [9.17, 15) is 19.2 Å². The molecule has 2 heterocycles. The topological polar surface area (TPSA) is 149 Å². The summed E-state index contributed by atoms with van der Waals surface area (Å²) in [4.78, 5) is 61.0. The Morgan fingerprint density at radius 3 is 1.29 bits per heavy atom. The Hall–Kier alpha value is -2.36. The fourth-order valence-electron chi connectivity index (χ4n) is 6.32. The molecule has 0 spiro atoms. The van der Waals surface area contributed by atoms with Crippen LogP contribution in [0.3, 0.4) is 0 Å². The number of amides is 2. The van der Waals surface area contributed by atoms with E-state index in [1.165, 1.54) is 24.3 Å². The van der Waals surface area contributed by atoms with E-state index >= 15 is 0 Å². The van der Waals surface area contributed by atoms with Gasteiger partial charge in [-0.25, -0.2) is 19.8 Å². The predicted molar refractivity (Wildman–Crippen MR) is 206 cm³/mol. The summed E-state index contributed by atoms with van der Waals surface area (Å²) in [6.07, 6.45) is 17.4. The molecule has 2 amide bonds. The van der Waals surface area contributed by atoms with Crippen LogP contribution in [0.2, 0.25) is 0 Å². The fourth-order valence-corrected chi connectivity index (χ4v) is 6.32. The maximum Gasteiger partial charge on any atom is 0.305 e. The molecule has 14 nitrogen and oxygen atoms in total. The molecular formula is C41H74N2O12. The van der Waals surface area contributed by atoms with Crippen LogP contribution in [0.15, 0.2) is 0 Å². The minimum absolute atomic E-state index is 0.124. The van der Waals surface area contributed by atoms with Gasteiger partial charge in [0.1, 0.15) is 0 Å². The van der Waals surface area contributed by atoms with Crippen LogP contribution in [0.4, 0.5) is 0 Å². The van der Waals surface area contributed by atoms with E-state index in [0.29, 0.717) is 52.4 Å². The van der Waals surface area contributed by atoms with Crippen molar-refractivity contribution in [3.63, 3.8) is 0 Å². The van der Waals surface area contributed by atoms with Crippen LogP contribution in [-0.4, -0.2) is 113 Å². The van der Waals surface area contributed by atoms with E-state index < -0.39 is 12.6 Å². The van der Waals surface area contributed by atoms with Gasteiger partial charge in [0.2, 0.25) is 11.8 Å². The molecule has 0 N–H and O–H groups in total. The number of carbonyl (C=O) groups is 4. The summed E-state index contributed by atoms with van der Waals surface area (Å²) < 4.78 is 32.7. The SMILES string of the molecule is COC(=O)CCCCCCCCN(OC1CCCCO1)C(=O)CCOCC(C)(C)COCCC(=O)N(CCCCCCCCC(=O)OC)OC1CCCCO1. The van der Waals surface area contributed by atoms with Crippen molar-refractivity contribution in [3.05, 3.63) is 0 Å². The largest absolute Gasteiger partial charge is 0.469 e. The van der Waals surface area contributed by atoms with E-state index in [-0.39, 0.29) is 55.2 Å². The van der Waals surface area contributed by atoms with Gasteiger partial charge in [0.05, 0.1) is 53.5 Å². The minimum Gasteiger partial charge on any atom is -0.469 e. The normalized spacial score (nSPS) is 17.5. The molecule has 0 radical (unpaired) electrons. The zero-order valence-corrected chi connectivity index (χ0v) is 34.7. The van der Waals surface area contributed by atoms with Crippen LogP contribution >= 0.6 is 0 Å². The number of esters is 2. The number of hydrogen-bond acceptors (Lipinski definition) is 12. The van der Waals surface area contributed by atoms with Gasteiger partial charge in [-0.2, -0.15) is 0 Å². The highest BCUT2D eigenvalue weighted by molar-refractivity contribution is 5.75. The number of unbranched alkanes of at least 4 members (excludes halogenated alkanes) is 10. The quantitative estimate of drug-likeness (QED) is 0.0386. The molecule has 2 aliphatic rings. The first-order valence-corrected chi connectivity index (χ1v) is 21.1. The maximum absolute atomic E-state index is 13.2. The summed E-state index contributed by atoms with van der Waals surface area (Å²) in [7, 11) is 2.83. The van der Waals surface area contributed by atoms with Gasteiger partial charge in [-0.1, -0.05) is 65.2 Å². The number of ether oxygens (including phenoxy) is 6. The smallest absolute Gasteiger partial charge is 0.305 e. The molecule has 0 bridgehead atoms. The van der Waals surface area contributed by atoms with Crippen molar-refractivity contribution < 1.29 is 57.3 Å². The van der Waals surface area contributed by atoms with Gasteiger partial charge < -0.3 is 28.4 Å². The minimum atomic E-state index is -0.402. The fraction of sp³-hybridized carbons (Fsp3) is 0.902. The van der Waals surface area contributed by atoms with Crippen LogP contribution in [0, 0.1) is 5.41 Å². The molecule has 320 valence electrons. The van der Waals surface area contributed by atoms with E-state index in [0.717, 1.165) is 116 Å². The molecule has 2 fully saturated rings. The van der Waals surface area contributed by atoms with Gasteiger partial charge in [0.25, 0.3) is 0 Å². The Morgan fingerprint density at radius 2 is 0.927 bits per heavy atom. The van der Waals surface area contributed by atoms with Gasteiger partial charge in [0.15, 0.2) is 12.6 Å². The summed E-state index contributed by atoms with van der Waals surface area (Å²) in [6, 6.07) is 0. The molecule has 0 aliphatic carbocycles. The number of carbonyl (C=O) groups excluding carboxylic acids is 4. The first-order valence-electron chi connectivity index (χ1n) is 21.1. The number of hydroxylamine groups is 4. The third-order valence-corrected chi connectivity index (χ3v) is 9.67. The number of nitrogens with zero attached hydrogens (tertiary/aromatic N) is 2. The highest BCUT2D eigenvalue weighted by Crippen LogP contribution is 2.20. The lowest BCUT2D eigenvalue weighted by Gasteiger charge is -2.30. The Kier molecular flexibility index (Phi) is 27.3. The van der Waals surface area contributed by atoms with Crippen LogP contribution < -0.4 is 0 Å². The maximum atomic E-state index is 13.2. The zero-order chi connectivity index (χ0) is 40.0. The van der Waals surface area contributed by atoms with E-state index in [2.05, 4.69) is 0 Å². The molecule has 2 rings (SSSR count). The van der Waals surface area contributed by atoms with Crippen molar-refractivity contribution in [2.45, 2.75) is 168 Å². The lowest BCUT2D eigenvalue weighted by Crippen LogP contribution is -2.39. The third-order valence-electron chi connectivity index (χ3n) is 9.67. The Bertz CT molecular complexity index is 955. The van der Waals surface area contributed by atoms with E-state index in [1.54, 1.807) is 0 Å². The van der Waals surface area contributed by atoms with E-state index in [4.69, 9.17) is 38.1 Å². The van der Waals surface area contributed by atoms with Crippen LogP contribution in [0.25, 0.3) is 0 Å². The van der Waals surface area contributed by atoms with Crippen LogP contribution in [-0.2, 0) is 57.3 Å². The second kappa shape index (κ2) is 30.7. The van der Waals surface area contributed by atoms with Gasteiger partial charge >= 0.3 is 11.9 Å². The molecule has 0 aromatic carbocycles. The Balaban J connectivity index is 1.68. The van der Waals surface area contributed by atoms with E-state index in [1.807, 2.05) is 13.8 Å². The van der Waals surface area contributed by atoms with Crippen molar-refractivity contribution in [2.24, 2.45) is 5.41 Å². The van der Waals surface area contributed by atoms with Gasteiger partial charge in [-0.15, -0.1) is 0 Å². The predicted octanol–water partition coefficient (Wildman–Crippen LogP) is 7.21. The zero-order valence-electron chi connectivity index (χ0n) is 34.7. The standard InChI is InChI=1S/C41H74N2O12/c1-41(2,33-50-31-25-35(44)42(54-39-23-15-19-29-52-39)27-17-11-7-5-9-13-21-37(46)48-3)34-51-32-26-36(45)43(55-40-24-16-20-30-53-40)28-18-12-8-6-10-14-22-38(47)49-4/h39-40H,5-34H2,1-4H3. The molecule has 0 saturated carbocycles. The van der Waals surface area contributed by atoms with Crippen molar-refractivity contribution in [1.29, 1.82) is 0 Å². The summed E-state index contributed by atoms with van der Waals surface area (Å²) in [5, 5.41) is 2.93. The molecule has 2 saturated heterocycles. The highest BCUT2D eigenvalue weighted by atomic mass is 16.8. The van der Waals surface area contributed by atoms with Crippen molar-refractivity contribution in [1.82, 2.24) is 10.1 Å². The number of rotatable bonds is 32. The summed E-state index contributed by atoms with van der Waals surface area (Å²) in [5.74, 6) is -0.580. The molecule has 2 aliphatic heterocycles. The highest BCUT2D eigenvalue weighted by Gasteiger charge is 2.25. The van der Waals surface area contributed by atoms with Gasteiger partial charge in [-0.3, -0.25) is 19.2 Å². The second-order valence-electron chi connectivity index (χ2n) is 15.5. The van der Waals surface area contributed by atoms with Crippen molar-refractivity contribution >= 4 is 23.8 Å². The number of hydrogen-bond donors (Lipinski definition) is 0. The van der Waals surface area contributed by atoms with Gasteiger partial charge in [-0.05, 0) is 51.4 Å². The molecule has 2 unspecified atom stereocenters. The van der Waals surface area contributed by atoms with Crippen LogP contribution in [0.5, 0.6) is 0 Å². The molecule has 0 aromatic rings. The second-order valence-corrected chi connectivity index (χ2v) is 15.5. The average Bonchev–Trinajstić information content (AvgIpc) is 3.19. The number of methoxy groups -OCH3 is 2. The molecule has 0 aromatic heterocycles. The van der Waals surface area contributed by atoms with Crippen molar-refractivity contribution in [3.8, 4) is 0 Å². The first-order chi connectivity index (χ1) is 26.6. The van der Waals surface area contributed by atoms with Crippen LogP contribution in [0.1, 0.15) is 155 Å². The lowest BCUT2D eigenvalue weighted by molar-refractivity contribution is -0.280. The molecule has 2 atom stereocenters. The Morgan fingerprint density at radius 1 is 0.545 bits per heavy atom. The first kappa shape index (κ1) is 48.8. The Labute approximate surface area is 330 Å². The third kappa shape index (κ3) is 24.8. The summed E-state index contributed by atoms with van der Waals surface area (Å²) in [5.41, 5.74) is -0.321. The van der Waals surface area contributed by atoms with Crippen molar-refractivity contribution in [2.75, 3.05) is 67.0 Å². The molecule has 14 heteroatoms. The molecule has 55 heavy (non-hydrogen) atoms. The lowest BCUT2D eigenvalue weighted by atomic mass is 9.96. The summed E-state index contributed by atoms with van der Waals surface area (Å²) >= 11 is 0. The monoisotopic (exact) mass is 787 g/mol. The van der Waals surface area contributed by atoms with Gasteiger partial charge in [0, 0.05) is 57.4 Å². The summed E-state index contributed by atoms with van der Waals surface area (Å²) in [6.45, 7) is 7.64. The average molecular weight is 787 g/mol. The molecular weight excluding hydrogens is 712 g/mol.